The first-order valence-electron chi connectivity index (χ1n) is 11.2. The van der Waals surface area contributed by atoms with Crippen molar-refractivity contribution >= 4 is 29.1 Å². The summed E-state index contributed by atoms with van der Waals surface area (Å²) < 4.78 is 11.0. The van der Waals surface area contributed by atoms with Crippen molar-refractivity contribution in [2.75, 3.05) is 31.1 Å². The number of rotatable bonds is 6. The molecule has 2 aliphatic rings. The van der Waals surface area contributed by atoms with Crippen molar-refractivity contribution in [1.29, 1.82) is 0 Å². The van der Waals surface area contributed by atoms with Crippen LogP contribution in [-0.2, 0) is 20.9 Å². The summed E-state index contributed by atoms with van der Waals surface area (Å²) in [5.41, 5.74) is 1.31. The van der Waals surface area contributed by atoms with Gasteiger partial charge in [0.2, 0.25) is 5.91 Å². The molecule has 2 aromatic carbocycles. The van der Waals surface area contributed by atoms with Crippen molar-refractivity contribution < 1.29 is 28.8 Å². The minimum absolute atomic E-state index is 0.0198. The van der Waals surface area contributed by atoms with Gasteiger partial charge in [-0.15, -0.1) is 0 Å². The maximum Gasteiger partial charge on any atom is 0.271 e. The molecule has 11 nitrogen and oxygen atoms in total. The van der Waals surface area contributed by atoms with Crippen LogP contribution >= 0.6 is 0 Å². The quantitative estimate of drug-likeness (QED) is 0.491. The van der Waals surface area contributed by atoms with E-state index in [2.05, 4.69) is 5.32 Å². The average molecular weight is 482 g/mol. The Balaban J connectivity index is 1.35. The number of carbonyl (C=O) groups excluding carboxylic acids is 3. The van der Waals surface area contributed by atoms with Gasteiger partial charge in [-0.25, -0.2) is 0 Å². The Labute approximate surface area is 201 Å². The van der Waals surface area contributed by atoms with Gasteiger partial charge in [-0.3, -0.25) is 29.4 Å². The SMILES string of the molecule is CC1CN(C(=O)c2ccc(CNC(=O)CN3C(=O)COc4ccc([N+](=O)[O-])cc43)cc2)CC(C)O1. The zero-order chi connectivity index (χ0) is 25.1. The normalized spacial score (nSPS) is 19.5. The molecule has 1 saturated heterocycles. The number of hydrogen-bond donors (Lipinski definition) is 1. The highest BCUT2D eigenvalue weighted by Gasteiger charge is 2.29. The number of morpholine rings is 1. The van der Waals surface area contributed by atoms with Gasteiger partial charge in [0.15, 0.2) is 6.61 Å². The number of amides is 3. The molecular weight excluding hydrogens is 456 g/mol. The van der Waals surface area contributed by atoms with Gasteiger partial charge in [-0.05, 0) is 37.6 Å². The zero-order valence-electron chi connectivity index (χ0n) is 19.4. The van der Waals surface area contributed by atoms with Crippen LogP contribution in [0.15, 0.2) is 42.5 Å². The van der Waals surface area contributed by atoms with Crippen LogP contribution in [0.25, 0.3) is 0 Å². The Kier molecular flexibility index (Phi) is 6.97. The van der Waals surface area contributed by atoms with Gasteiger partial charge >= 0.3 is 0 Å². The van der Waals surface area contributed by atoms with E-state index >= 15 is 0 Å². The number of fused-ring (bicyclic) bond motifs is 1. The third kappa shape index (κ3) is 5.57. The first-order chi connectivity index (χ1) is 16.7. The highest BCUT2D eigenvalue weighted by molar-refractivity contribution is 6.02. The van der Waals surface area contributed by atoms with Crippen LogP contribution in [0.3, 0.4) is 0 Å². The van der Waals surface area contributed by atoms with Gasteiger partial charge < -0.3 is 19.7 Å². The van der Waals surface area contributed by atoms with Crippen LogP contribution < -0.4 is 15.0 Å². The number of hydrogen-bond acceptors (Lipinski definition) is 7. The van der Waals surface area contributed by atoms with Gasteiger partial charge in [0.05, 0.1) is 22.8 Å². The summed E-state index contributed by atoms with van der Waals surface area (Å²) in [6.45, 7) is 4.58. The van der Waals surface area contributed by atoms with E-state index in [0.29, 0.717) is 24.4 Å². The highest BCUT2D eigenvalue weighted by atomic mass is 16.6. The number of carbonyl (C=O) groups is 3. The largest absolute Gasteiger partial charge is 0.482 e. The summed E-state index contributed by atoms with van der Waals surface area (Å²) in [6, 6.07) is 10.9. The maximum absolute atomic E-state index is 12.8. The molecular formula is C24H26N4O7. The molecule has 4 rings (SSSR count). The maximum atomic E-state index is 12.8. The Morgan fingerprint density at radius 1 is 1.11 bits per heavy atom. The molecule has 35 heavy (non-hydrogen) atoms. The fourth-order valence-electron chi connectivity index (χ4n) is 4.17. The Morgan fingerprint density at radius 3 is 2.46 bits per heavy atom. The van der Waals surface area contributed by atoms with E-state index in [1.165, 1.54) is 23.1 Å². The monoisotopic (exact) mass is 482 g/mol. The van der Waals surface area contributed by atoms with Gasteiger partial charge in [0.1, 0.15) is 12.3 Å². The number of anilines is 1. The van der Waals surface area contributed by atoms with Gasteiger partial charge in [-0.2, -0.15) is 0 Å². The number of nitrogens with zero attached hydrogens (tertiary/aromatic N) is 3. The zero-order valence-corrected chi connectivity index (χ0v) is 19.4. The van der Waals surface area contributed by atoms with E-state index < -0.39 is 16.7 Å². The van der Waals surface area contributed by atoms with Crippen LogP contribution in [-0.4, -0.2) is 66.0 Å². The summed E-state index contributed by atoms with van der Waals surface area (Å²) in [4.78, 5) is 51.1. The molecule has 1 N–H and O–H groups in total. The molecule has 2 atom stereocenters. The third-order valence-corrected chi connectivity index (χ3v) is 5.80. The van der Waals surface area contributed by atoms with E-state index in [1.807, 2.05) is 13.8 Å². The second kappa shape index (κ2) is 10.1. The Morgan fingerprint density at radius 2 is 1.80 bits per heavy atom. The van der Waals surface area contributed by atoms with Crippen LogP contribution in [0.1, 0.15) is 29.8 Å². The lowest BCUT2D eigenvalue weighted by Crippen LogP contribution is -2.48. The number of nitro groups is 1. The Bertz CT molecular complexity index is 1140. The van der Waals surface area contributed by atoms with Crippen molar-refractivity contribution in [3.63, 3.8) is 0 Å². The second-order valence-electron chi connectivity index (χ2n) is 8.62. The number of ether oxygens (including phenoxy) is 2. The molecule has 0 spiro atoms. The smallest absolute Gasteiger partial charge is 0.271 e. The van der Waals surface area contributed by atoms with Crippen molar-refractivity contribution in [1.82, 2.24) is 10.2 Å². The summed E-state index contributed by atoms with van der Waals surface area (Å²) in [7, 11) is 0. The third-order valence-electron chi connectivity index (χ3n) is 5.80. The van der Waals surface area contributed by atoms with Crippen LogP contribution in [0, 0.1) is 10.1 Å². The lowest BCUT2D eigenvalue weighted by atomic mass is 10.1. The van der Waals surface area contributed by atoms with Crippen molar-refractivity contribution in [2.45, 2.75) is 32.6 Å². The summed E-state index contributed by atoms with van der Waals surface area (Å²) >= 11 is 0. The van der Waals surface area contributed by atoms with Gasteiger partial charge in [-0.1, -0.05) is 12.1 Å². The van der Waals surface area contributed by atoms with E-state index in [4.69, 9.17) is 9.47 Å². The lowest BCUT2D eigenvalue weighted by Gasteiger charge is -2.35. The topological polar surface area (TPSA) is 131 Å². The van der Waals surface area contributed by atoms with Gasteiger partial charge in [0.25, 0.3) is 17.5 Å². The predicted octanol–water partition coefficient (Wildman–Crippen LogP) is 1.89. The average Bonchev–Trinajstić information content (AvgIpc) is 2.83. The first kappa shape index (κ1) is 24.1. The molecule has 0 radical (unpaired) electrons. The predicted molar refractivity (Wildman–Crippen MR) is 125 cm³/mol. The van der Waals surface area contributed by atoms with Crippen molar-refractivity contribution in [2.24, 2.45) is 0 Å². The Hall–Kier alpha value is -3.99. The van der Waals surface area contributed by atoms with E-state index in [9.17, 15) is 24.5 Å². The number of nitro benzene ring substituents is 1. The number of non-ortho nitro benzene ring substituents is 1. The number of nitrogens with one attached hydrogen (secondary N) is 1. The van der Waals surface area contributed by atoms with Crippen LogP contribution in [0.4, 0.5) is 11.4 Å². The first-order valence-corrected chi connectivity index (χ1v) is 11.2. The standard InChI is InChI=1S/C24H26N4O7/c1-15-11-26(12-16(2)35-15)24(31)18-5-3-17(4-6-18)10-25-22(29)13-27-20-9-19(28(32)33)7-8-21(20)34-14-23(27)30/h3-9,15-16H,10-14H2,1-2H3,(H,25,29). The minimum Gasteiger partial charge on any atom is -0.482 e. The molecule has 2 aliphatic heterocycles. The highest BCUT2D eigenvalue weighted by Crippen LogP contribution is 2.35. The lowest BCUT2D eigenvalue weighted by molar-refractivity contribution is -0.384. The van der Waals surface area contributed by atoms with Crippen molar-refractivity contribution in [3.05, 3.63) is 63.7 Å². The molecule has 11 heteroatoms. The molecule has 2 heterocycles. The molecule has 0 aliphatic carbocycles. The summed E-state index contributed by atoms with van der Waals surface area (Å²) in [5.74, 6) is -0.676. The molecule has 0 aromatic heterocycles. The molecule has 0 bridgehead atoms. The molecule has 2 unspecified atom stereocenters. The molecule has 184 valence electrons. The van der Waals surface area contributed by atoms with Gasteiger partial charge in [0, 0.05) is 37.3 Å². The van der Waals surface area contributed by atoms with E-state index in [0.717, 1.165) is 5.56 Å². The summed E-state index contributed by atoms with van der Waals surface area (Å²) in [6.07, 6.45) is -0.0396. The molecule has 1 fully saturated rings. The van der Waals surface area contributed by atoms with E-state index in [1.54, 1.807) is 29.2 Å². The molecule has 0 saturated carbocycles. The summed E-state index contributed by atoms with van der Waals surface area (Å²) in [5, 5.41) is 13.8. The van der Waals surface area contributed by atoms with Crippen LogP contribution in [0.5, 0.6) is 5.75 Å². The molecule has 3 amide bonds. The van der Waals surface area contributed by atoms with Crippen LogP contribution in [0.2, 0.25) is 0 Å². The molecule has 2 aromatic rings. The van der Waals surface area contributed by atoms with E-state index in [-0.39, 0.29) is 49.2 Å². The number of benzene rings is 2. The fourth-order valence-corrected chi connectivity index (χ4v) is 4.17. The fraction of sp³-hybridized carbons (Fsp3) is 0.375. The second-order valence-corrected chi connectivity index (χ2v) is 8.62. The van der Waals surface area contributed by atoms with Crippen molar-refractivity contribution in [3.8, 4) is 5.75 Å². The minimum atomic E-state index is -0.577.